The lowest BCUT2D eigenvalue weighted by molar-refractivity contribution is 0.0602. The van der Waals surface area contributed by atoms with Gasteiger partial charge in [-0.05, 0) is 44.2 Å². The zero-order chi connectivity index (χ0) is 16.8. The number of methoxy groups -OCH3 is 1. The number of benzene rings is 2. The molecule has 1 N–H and O–H groups in total. The van der Waals surface area contributed by atoms with Crippen molar-refractivity contribution < 1.29 is 19.1 Å². The highest BCUT2D eigenvalue weighted by atomic mass is 16.5. The van der Waals surface area contributed by atoms with E-state index in [4.69, 9.17) is 9.47 Å². The van der Waals surface area contributed by atoms with Crippen molar-refractivity contribution in [2.24, 2.45) is 0 Å². The Balaban J connectivity index is 2.21. The second-order valence-electron chi connectivity index (χ2n) is 5.19. The zero-order valence-corrected chi connectivity index (χ0v) is 13.3. The molecule has 0 aliphatic carbocycles. The van der Waals surface area contributed by atoms with Crippen LogP contribution in [0.1, 0.15) is 34.6 Å². The summed E-state index contributed by atoms with van der Waals surface area (Å²) in [6.45, 7) is 3.83. The van der Waals surface area contributed by atoms with Crippen LogP contribution in [0.4, 0.5) is 5.69 Å². The third-order valence-corrected chi connectivity index (χ3v) is 3.05. The molecule has 0 aromatic heterocycles. The number of anilines is 1. The molecule has 0 bridgehead atoms. The molecule has 0 saturated carbocycles. The first-order valence-corrected chi connectivity index (χ1v) is 7.26. The standard InChI is InChI=1S/C18H19NO4/c1-12(2)23-14-8-6-7-13(11-14)17(20)19-16-10-5-4-9-15(16)18(21)22-3/h4-12H,1-3H3,(H,19,20). The smallest absolute Gasteiger partial charge is 0.339 e. The maximum absolute atomic E-state index is 12.4. The van der Waals surface area contributed by atoms with Crippen molar-refractivity contribution in [3.63, 3.8) is 0 Å². The molecule has 0 unspecified atom stereocenters. The van der Waals surface area contributed by atoms with Gasteiger partial charge in [0, 0.05) is 5.56 Å². The molecule has 2 aromatic rings. The average molecular weight is 313 g/mol. The number of rotatable bonds is 5. The number of esters is 1. The summed E-state index contributed by atoms with van der Waals surface area (Å²) < 4.78 is 10.3. The molecule has 0 saturated heterocycles. The maximum Gasteiger partial charge on any atom is 0.339 e. The van der Waals surface area contributed by atoms with Crippen LogP contribution in [0.5, 0.6) is 5.75 Å². The minimum absolute atomic E-state index is 0.0216. The molecule has 0 heterocycles. The van der Waals surface area contributed by atoms with E-state index in [1.165, 1.54) is 7.11 Å². The first-order chi connectivity index (χ1) is 11.0. The summed E-state index contributed by atoms with van der Waals surface area (Å²) in [5.74, 6) is -0.206. The van der Waals surface area contributed by atoms with Crippen molar-refractivity contribution in [1.82, 2.24) is 0 Å². The lowest BCUT2D eigenvalue weighted by Crippen LogP contribution is -2.15. The normalized spacial score (nSPS) is 10.3. The van der Waals surface area contributed by atoms with Crippen LogP contribution in [0, 0.1) is 0 Å². The Hall–Kier alpha value is -2.82. The molecule has 0 radical (unpaired) electrons. The van der Waals surface area contributed by atoms with Gasteiger partial charge in [0.1, 0.15) is 5.75 Å². The van der Waals surface area contributed by atoms with E-state index in [0.717, 1.165) is 0 Å². The van der Waals surface area contributed by atoms with Crippen molar-refractivity contribution in [1.29, 1.82) is 0 Å². The second-order valence-corrected chi connectivity index (χ2v) is 5.19. The van der Waals surface area contributed by atoms with Gasteiger partial charge in [0.25, 0.3) is 5.91 Å². The number of amides is 1. The largest absolute Gasteiger partial charge is 0.491 e. The molecule has 1 amide bonds. The highest BCUT2D eigenvalue weighted by Gasteiger charge is 2.14. The van der Waals surface area contributed by atoms with Gasteiger partial charge in [-0.15, -0.1) is 0 Å². The van der Waals surface area contributed by atoms with Crippen LogP contribution in [0.2, 0.25) is 0 Å². The Labute approximate surface area is 135 Å². The number of carbonyl (C=O) groups excluding carboxylic acids is 2. The van der Waals surface area contributed by atoms with E-state index < -0.39 is 5.97 Å². The van der Waals surface area contributed by atoms with Gasteiger partial charge in [0.15, 0.2) is 0 Å². The first kappa shape index (κ1) is 16.5. The highest BCUT2D eigenvalue weighted by Crippen LogP contribution is 2.19. The number of nitrogens with one attached hydrogen (secondary N) is 1. The van der Waals surface area contributed by atoms with Gasteiger partial charge in [-0.3, -0.25) is 4.79 Å². The molecule has 2 aromatic carbocycles. The Morgan fingerprint density at radius 2 is 1.78 bits per heavy atom. The van der Waals surface area contributed by atoms with Gasteiger partial charge in [0.05, 0.1) is 24.5 Å². The summed E-state index contributed by atoms with van der Waals surface area (Å²) in [5.41, 5.74) is 1.15. The molecule has 0 aliphatic rings. The summed E-state index contributed by atoms with van der Waals surface area (Å²) in [5, 5.41) is 2.73. The van der Waals surface area contributed by atoms with E-state index in [0.29, 0.717) is 22.6 Å². The topological polar surface area (TPSA) is 64.6 Å². The molecule has 0 aliphatic heterocycles. The molecule has 0 fully saturated rings. The van der Waals surface area contributed by atoms with E-state index in [9.17, 15) is 9.59 Å². The minimum Gasteiger partial charge on any atom is -0.491 e. The van der Waals surface area contributed by atoms with Crippen LogP contribution in [0.15, 0.2) is 48.5 Å². The maximum atomic E-state index is 12.4. The lowest BCUT2D eigenvalue weighted by Gasteiger charge is -2.12. The van der Waals surface area contributed by atoms with E-state index in [2.05, 4.69) is 5.32 Å². The number of carbonyl (C=O) groups is 2. The minimum atomic E-state index is -0.502. The molecule has 0 atom stereocenters. The monoisotopic (exact) mass is 313 g/mol. The Kier molecular flexibility index (Phi) is 5.36. The van der Waals surface area contributed by atoms with Gasteiger partial charge in [0.2, 0.25) is 0 Å². The van der Waals surface area contributed by atoms with Crippen molar-refractivity contribution in [2.45, 2.75) is 20.0 Å². The Morgan fingerprint density at radius 1 is 1.04 bits per heavy atom. The third-order valence-electron chi connectivity index (χ3n) is 3.05. The molecular formula is C18H19NO4. The number of para-hydroxylation sites is 1. The van der Waals surface area contributed by atoms with E-state index in [1.54, 1.807) is 48.5 Å². The second kappa shape index (κ2) is 7.45. The summed E-state index contributed by atoms with van der Waals surface area (Å²) in [6, 6.07) is 13.6. The van der Waals surface area contributed by atoms with Gasteiger partial charge in [-0.25, -0.2) is 4.79 Å². The van der Waals surface area contributed by atoms with E-state index >= 15 is 0 Å². The van der Waals surface area contributed by atoms with Crippen molar-refractivity contribution in [3.05, 3.63) is 59.7 Å². The fraction of sp³-hybridized carbons (Fsp3) is 0.222. The van der Waals surface area contributed by atoms with E-state index in [-0.39, 0.29) is 12.0 Å². The summed E-state index contributed by atoms with van der Waals surface area (Å²) >= 11 is 0. The predicted octanol–water partition coefficient (Wildman–Crippen LogP) is 3.51. The van der Waals surface area contributed by atoms with Crippen LogP contribution in [-0.4, -0.2) is 25.1 Å². The molecular weight excluding hydrogens is 294 g/mol. The molecule has 5 nitrogen and oxygen atoms in total. The molecule has 5 heteroatoms. The van der Waals surface area contributed by atoms with Gasteiger partial charge >= 0.3 is 5.97 Å². The lowest BCUT2D eigenvalue weighted by atomic mass is 10.1. The van der Waals surface area contributed by atoms with Crippen LogP contribution in [0.25, 0.3) is 0 Å². The van der Waals surface area contributed by atoms with Gasteiger partial charge in [-0.2, -0.15) is 0 Å². The number of hydrogen-bond donors (Lipinski definition) is 1. The van der Waals surface area contributed by atoms with Crippen molar-refractivity contribution >= 4 is 17.6 Å². The molecule has 23 heavy (non-hydrogen) atoms. The molecule has 0 spiro atoms. The first-order valence-electron chi connectivity index (χ1n) is 7.26. The van der Waals surface area contributed by atoms with Crippen molar-refractivity contribution in [3.8, 4) is 5.75 Å². The van der Waals surface area contributed by atoms with E-state index in [1.807, 2.05) is 13.8 Å². The van der Waals surface area contributed by atoms with Crippen molar-refractivity contribution in [2.75, 3.05) is 12.4 Å². The number of hydrogen-bond acceptors (Lipinski definition) is 4. The third kappa shape index (κ3) is 4.32. The Morgan fingerprint density at radius 3 is 2.48 bits per heavy atom. The van der Waals surface area contributed by atoms with Crippen LogP contribution in [0.3, 0.4) is 0 Å². The average Bonchev–Trinajstić information content (AvgIpc) is 2.54. The molecule has 120 valence electrons. The summed E-state index contributed by atoms with van der Waals surface area (Å²) in [4.78, 5) is 24.1. The summed E-state index contributed by atoms with van der Waals surface area (Å²) in [7, 11) is 1.30. The fourth-order valence-electron chi connectivity index (χ4n) is 2.06. The Bertz CT molecular complexity index is 710. The number of ether oxygens (including phenoxy) is 2. The zero-order valence-electron chi connectivity index (χ0n) is 13.3. The predicted molar refractivity (Wildman–Crippen MR) is 87.9 cm³/mol. The summed E-state index contributed by atoms with van der Waals surface area (Å²) in [6.07, 6.45) is 0.0216. The molecule has 2 rings (SSSR count). The fourth-order valence-corrected chi connectivity index (χ4v) is 2.06. The van der Waals surface area contributed by atoms with Gasteiger partial charge in [-0.1, -0.05) is 18.2 Å². The quantitative estimate of drug-likeness (QED) is 0.858. The van der Waals surface area contributed by atoms with Crippen LogP contribution >= 0.6 is 0 Å². The highest BCUT2D eigenvalue weighted by molar-refractivity contribution is 6.08. The van der Waals surface area contributed by atoms with Crippen LogP contribution < -0.4 is 10.1 Å². The van der Waals surface area contributed by atoms with Crippen LogP contribution in [-0.2, 0) is 4.74 Å². The SMILES string of the molecule is COC(=O)c1ccccc1NC(=O)c1cccc(OC(C)C)c1. The van der Waals surface area contributed by atoms with Gasteiger partial charge < -0.3 is 14.8 Å².